The Hall–Kier alpha value is -2.07. The number of halogens is 1. The van der Waals surface area contributed by atoms with E-state index in [1.807, 2.05) is 43.1 Å². The number of pyridine rings is 1. The van der Waals surface area contributed by atoms with Gasteiger partial charge in [0.05, 0.1) is 17.9 Å². The summed E-state index contributed by atoms with van der Waals surface area (Å²) in [5.41, 5.74) is 2.01. The first-order valence-electron chi connectivity index (χ1n) is 6.81. The minimum absolute atomic E-state index is 0.443. The number of para-hydroxylation sites is 1. The number of fused-ring (bicyclic) bond motifs is 1. The SMILES string of the molecule is CN(Cc1nccn1C)c1nc2ccccc2cc1CCl. The van der Waals surface area contributed by atoms with Gasteiger partial charge in [-0.3, -0.25) is 0 Å². The average molecular weight is 301 g/mol. The van der Waals surface area contributed by atoms with Gasteiger partial charge in [-0.25, -0.2) is 9.97 Å². The lowest BCUT2D eigenvalue weighted by molar-refractivity contribution is 0.754. The van der Waals surface area contributed by atoms with Crippen LogP contribution in [0.1, 0.15) is 11.4 Å². The lowest BCUT2D eigenvalue weighted by Gasteiger charge is -2.21. The lowest BCUT2D eigenvalue weighted by Crippen LogP contribution is -2.21. The monoisotopic (exact) mass is 300 g/mol. The highest BCUT2D eigenvalue weighted by Gasteiger charge is 2.12. The molecular weight excluding hydrogens is 284 g/mol. The summed E-state index contributed by atoms with van der Waals surface area (Å²) in [6.45, 7) is 0.693. The van der Waals surface area contributed by atoms with E-state index < -0.39 is 0 Å². The normalized spacial score (nSPS) is 11.0. The number of imidazole rings is 1. The number of aromatic nitrogens is 3. The molecule has 0 spiro atoms. The first-order valence-corrected chi connectivity index (χ1v) is 7.34. The Bertz CT molecular complexity index is 766. The highest BCUT2D eigenvalue weighted by Crippen LogP contribution is 2.25. The topological polar surface area (TPSA) is 34.0 Å². The molecular formula is C16H17ClN4. The molecule has 21 heavy (non-hydrogen) atoms. The molecule has 5 heteroatoms. The van der Waals surface area contributed by atoms with E-state index in [2.05, 4.69) is 22.0 Å². The first kappa shape index (κ1) is 13.9. The third-order valence-corrected chi connectivity index (χ3v) is 3.87. The zero-order valence-corrected chi connectivity index (χ0v) is 12.9. The van der Waals surface area contributed by atoms with E-state index in [1.54, 1.807) is 6.20 Å². The van der Waals surface area contributed by atoms with Gasteiger partial charge >= 0.3 is 0 Å². The molecule has 0 fully saturated rings. The number of anilines is 1. The Kier molecular flexibility index (Phi) is 3.80. The Morgan fingerprint density at radius 2 is 2.10 bits per heavy atom. The van der Waals surface area contributed by atoms with Crippen LogP contribution in [-0.4, -0.2) is 21.6 Å². The van der Waals surface area contributed by atoms with Crippen molar-refractivity contribution in [3.8, 4) is 0 Å². The maximum atomic E-state index is 6.10. The summed E-state index contributed by atoms with van der Waals surface area (Å²) in [5.74, 6) is 2.35. The fourth-order valence-electron chi connectivity index (χ4n) is 2.41. The summed E-state index contributed by atoms with van der Waals surface area (Å²) < 4.78 is 2.01. The van der Waals surface area contributed by atoms with Crippen molar-refractivity contribution < 1.29 is 0 Å². The fourth-order valence-corrected chi connectivity index (χ4v) is 2.61. The molecule has 4 nitrogen and oxygen atoms in total. The van der Waals surface area contributed by atoms with E-state index in [1.165, 1.54) is 0 Å². The number of rotatable bonds is 4. The molecule has 0 saturated heterocycles. The smallest absolute Gasteiger partial charge is 0.133 e. The molecule has 3 rings (SSSR count). The van der Waals surface area contributed by atoms with Gasteiger partial charge < -0.3 is 9.47 Å². The summed E-state index contributed by atoms with van der Waals surface area (Å²) >= 11 is 6.10. The second-order valence-corrected chi connectivity index (χ2v) is 5.38. The van der Waals surface area contributed by atoms with Crippen molar-refractivity contribution in [2.45, 2.75) is 12.4 Å². The third-order valence-electron chi connectivity index (χ3n) is 3.59. The number of aryl methyl sites for hydroxylation is 1. The average Bonchev–Trinajstić information content (AvgIpc) is 2.91. The minimum Gasteiger partial charge on any atom is -0.352 e. The summed E-state index contributed by atoms with van der Waals surface area (Å²) in [4.78, 5) is 11.2. The number of alkyl halides is 1. The van der Waals surface area contributed by atoms with Gasteiger partial charge in [-0.2, -0.15) is 0 Å². The highest BCUT2D eigenvalue weighted by molar-refractivity contribution is 6.17. The van der Waals surface area contributed by atoms with Gasteiger partial charge in [0.25, 0.3) is 0 Å². The van der Waals surface area contributed by atoms with Crippen LogP contribution in [0.3, 0.4) is 0 Å². The summed E-state index contributed by atoms with van der Waals surface area (Å²) in [5, 5.41) is 1.11. The first-order chi connectivity index (χ1) is 10.2. The zero-order valence-electron chi connectivity index (χ0n) is 12.1. The van der Waals surface area contributed by atoms with Crippen LogP contribution in [0, 0.1) is 0 Å². The predicted octanol–water partition coefficient (Wildman–Crippen LogP) is 3.34. The van der Waals surface area contributed by atoms with E-state index in [-0.39, 0.29) is 0 Å². The molecule has 2 heterocycles. The number of hydrogen-bond donors (Lipinski definition) is 0. The van der Waals surface area contributed by atoms with Crippen molar-refractivity contribution >= 4 is 28.3 Å². The molecule has 0 bridgehead atoms. The van der Waals surface area contributed by atoms with Crippen LogP contribution < -0.4 is 4.90 Å². The molecule has 0 aliphatic carbocycles. The molecule has 108 valence electrons. The number of benzene rings is 1. The predicted molar refractivity (Wildman–Crippen MR) is 86.6 cm³/mol. The van der Waals surface area contributed by atoms with Crippen molar-refractivity contribution in [2.75, 3.05) is 11.9 Å². The second kappa shape index (κ2) is 5.74. The van der Waals surface area contributed by atoms with Gasteiger partial charge in [0.2, 0.25) is 0 Å². The van der Waals surface area contributed by atoms with Crippen molar-refractivity contribution in [1.29, 1.82) is 0 Å². The van der Waals surface area contributed by atoms with E-state index in [4.69, 9.17) is 16.6 Å². The second-order valence-electron chi connectivity index (χ2n) is 5.11. The Balaban J connectivity index is 2.00. The van der Waals surface area contributed by atoms with E-state index in [0.29, 0.717) is 12.4 Å². The third kappa shape index (κ3) is 2.72. The quantitative estimate of drug-likeness (QED) is 0.693. The van der Waals surface area contributed by atoms with E-state index in [9.17, 15) is 0 Å². The van der Waals surface area contributed by atoms with Gasteiger partial charge in [0.1, 0.15) is 11.6 Å². The van der Waals surface area contributed by atoms with Gasteiger partial charge in [-0.1, -0.05) is 18.2 Å². The van der Waals surface area contributed by atoms with Gasteiger partial charge in [-0.05, 0) is 12.1 Å². The highest BCUT2D eigenvalue weighted by atomic mass is 35.5. The molecule has 0 N–H and O–H groups in total. The molecule has 0 amide bonds. The van der Waals surface area contributed by atoms with Crippen molar-refractivity contribution in [3.05, 3.63) is 54.1 Å². The van der Waals surface area contributed by atoms with E-state index >= 15 is 0 Å². The maximum Gasteiger partial charge on any atom is 0.133 e. The Labute approximate surface area is 129 Å². The fraction of sp³-hybridized carbons (Fsp3) is 0.250. The maximum absolute atomic E-state index is 6.10. The van der Waals surface area contributed by atoms with Crippen LogP contribution in [0.2, 0.25) is 0 Å². The molecule has 3 aromatic rings. The summed E-state index contributed by atoms with van der Waals surface area (Å²) in [6.07, 6.45) is 3.75. The number of hydrogen-bond acceptors (Lipinski definition) is 3. The molecule has 0 unspecified atom stereocenters. The largest absolute Gasteiger partial charge is 0.352 e. The molecule has 2 aromatic heterocycles. The van der Waals surface area contributed by atoms with Crippen LogP contribution in [0.15, 0.2) is 42.7 Å². The Morgan fingerprint density at radius 3 is 2.81 bits per heavy atom. The zero-order chi connectivity index (χ0) is 14.8. The van der Waals surface area contributed by atoms with Crippen LogP contribution in [0.25, 0.3) is 10.9 Å². The van der Waals surface area contributed by atoms with E-state index in [0.717, 1.165) is 28.1 Å². The van der Waals surface area contributed by atoms with Gasteiger partial charge in [-0.15, -0.1) is 11.6 Å². The van der Waals surface area contributed by atoms with Gasteiger partial charge in [0.15, 0.2) is 0 Å². The molecule has 0 aliphatic rings. The molecule has 0 aliphatic heterocycles. The number of nitrogens with zero attached hydrogens (tertiary/aromatic N) is 4. The lowest BCUT2D eigenvalue weighted by atomic mass is 10.1. The Morgan fingerprint density at radius 1 is 1.29 bits per heavy atom. The van der Waals surface area contributed by atoms with Crippen LogP contribution in [0.5, 0.6) is 0 Å². The van der Waals surface area contributed by atoms with Crippen LogP contribution in [0.4, 0.5) is 5.82 Å². The molecule has 0 atom stereocenters. The van der Waals surface area contributed by atoms with Gasteiger partial charge in [0, 0.05) is 37.4 Å². The van der Waals surface area contributed by atoms with Crippen molar-refractivity contribution in [1.82, 2.24) is 14.5 Å². The molecule has 1 aromatic carbocycles. The van der Waals surface area contributed by atoms with Crippen molar-refractivity contribution in [2.24, 2.45) is 7.05 Å². The van der Waals surface area contributed by atoms with Crippen molar-refractivity contribution in [3.63, 3.8) is 0 Å². The summed E-state index contributed by atoms with van der Waals surface area (Å²) in [7, 11) is 4.01. The molecule has 0 radical (unpaired) electrons. The standard InChI is InChI=1S/C16H17ClN4/c1-20-8-7-18-15(20)11-21(2)16-13(10-17)9-12-5-3-4-6-14(12)19-16/h3-9H,10-11H2,1-2H3. The minimum atomic E-state index is 0.443. The van der Waals surface area contributed by atoms with Crippen LogP contribution in [-0.2, 0) is 19.5 Å². The van der Waals surface area contributed by atoms with Crippen LogP contribution >= 0.6 is 11.6 Å². The molecule has 0 saturated carbocycles. The summed E-state index contributed by atoms with van der Waals surface area (Å²) in [6, 6.07) is 10.2.